The standard InChI is InChI=1S/C62H113N8O17PS/c1-5-7-9-11-13-15-17-19-21-23-25-27-29-35-54(73)84-43-48(87-55(74)36-30-28-26-24-22-20-18-16-14-12-10-8-6-2)44-86-88(82,83)85-40-37-64-56(75)46(3)65-57(76)50(41-71)67-59(78)52-33-31-38-69(52)61(80)47(4)66-58(77)51(42-72)68-60(79)53-34-32-39-70(53)62(81)49(63)45-89/h46-53,71-72,89H,5-45,63H2,1-4H3,(H,64,75)(H,65,76)(H,66,77)(H,67,78)(H,68,79)(H,82,83)/p-1/t46-,47-,48+,49-,50-,51-,52-,53-/m0/s1. The van der Waals surface area contributed by atoms with Crippen LogP contribution in [-0.2, 0) is 61.4 Å². The van der Waals surface area contributed by atoms with Gasteiger partial charge in [0.05, 0.1) is 45.1 Å². The number of carbonyl (C=O) groups excluding carboxylic acids is 8. The average Bonchev–Trinajstić information content (AvgIpc) is 2.40. The maximum atomic E-state index is 13.6. The number of nitrogens with zero attached hydrogens (tertiary/aromatic N) is 3. The van der Waals surface area contributed by atoms with Gasteiger partial charge in [0.15, 0.2) is 6.10 Å². The summed E-state index contributed by atoms with van der Waals surface area (Å²) in [6, 6.07) is -8.65. The molecule has 0 aromatic rings. The first-order chi connectivity index (χ1) is 42.7. The molecule has 27 heteroatoms. The van der Waals surface area contributed by atoms with Crippen LogP contribution in [0, 0.1) is 0 Å². The number of ether oxygens (including phenoxy) is 2. The van der Waals surface area contributed by atoms with Crippen LogP contribution in [0.25, 0.3) is 0 Å². The van der Waals surface area contributed by atoms with E-state index in [2.05, 4.69) is 52.7 Å². The smallest absolute Gasteiger partial charge is 0.472 e. The Labute approximate surface area is 535 Å². The van der Waals surface area contributed by atoms with Crippen molar-refractivity contribution in [3.8, 4) is 0 Å². The van der Waals surface area contributed by atoms with E-state index in [1.807, 2.05) is 0 Å². The van der Waals surface area contributed by atoms with Gasteiger partial charge in [-0.25, -0.2) is 4.57 Å². The van der Waals surface area contributed by atoms with Crippen LogP contribution in [0.1, 0.15) is 233 Å². The number of hydrogen-bond donors (Lipinski definition) is 9. The fraction of sp³-hybridized carbons (Fsp3) is 0.855. The molecule has 0 saturated carbocycles. The van der Waals surface area contributed by atoms with Crippen molar-refractivity contribution in [3.05, 3.63) is 0 Å². The highest BCUT2D eigenvalue weighted by Gasteiger charge is 2.40. The first-order valence-corrected chi connectivity index (χ1v) is 35.4. The summed E-state index contributed by atoms with van der Waals surface area (Å²) in [6.45, 7) is 3.56. The monoisotopic (exact) mass is 1300 g/mol. The molecule has 2 aliphatic heterocycles. The Morgan fingerprint density at radius 2 is 1.00 bits per heavy atom. The van der Waals surface area contributed by atoms with Gasteiger partial charge < -0.3 is 71.5 Å². The van der Waals surface area contributed by atoms with Gasteiger partial charge in [0, 0.05) is 31.7 Å². The first-order valence-electron chi connectivity index (χ1n) is 33.3. The quantitative estimate of drug-likeness (QED) is 0.00906. The molecule has 6 amide bonds. The number of aliphatic imine (C=N–C) groups is 1. The van der Waals surface area contributed by atoms with Crippen molar-refractivity contribution in [2.75, 3.05) is 58.4 Å². The van der Waals surface area contributed by atoms with Crippen LogP contribution >= 0.6 is 20.5 Å². The molecule has 0 aliphatic carbocycles. The number of unbranched alkanes of at least 4 members (excludes halogenated alkanes) is 24. The molecule has 25 nitrogen and oxygen atoms in total. The minimum atomic E-state index is -4.84. The lowest BCUT2D eigenvalue weighted by molar-refractivity contribution is -0.221. The Morgan fingerprint density at radius 3 is 1.43 bits per heavy atom. The fourth-order valence-electron chi connectivity index (χ4n) is 10.7. The number of rotatable bonds is 52. The van der Waals surface area contributed by atoms with Crippen LogP contribution in [0.3, 0.4) is 0 Å². The Balaban J connectivity index is 1.87. The van der Waals surface area contributed by atoms with E-state index in [1.54, 1.807) is 0 Å². The molecule has 514 valence electrons. The van der Waals surface area contributed by atoms with E-state index in [0.717, 1.165) is 44.9 Å². The Kier molecular flexibility index (Phi) is 43.8. The molecule has 2 fully saturated rings. The van der Waals surface area contributed by atoms with Crippen molar-refractivity contribution in [3.63, 3.8) is 0 Å². The summed E-state index contributed by atoms with van der Waals surface area (Å²) in [5, 5.41) is 42.6. The van der Waals surface area contributed by atoms with Crippen LogP contribution in [0.2, 0.25) is 0 Å². The van der Waals surface area contributed by atoms with E-state index in [1.165, 1.54) is 133 Å². The second kappa shape index (κ2) is 48.3. The molecule has 0 aromatic carbocycles. The van der Waals surface area contributed by atoms with E-state index >= 15 is 0 Å². The number of phosphoric acid groups is 1. The van der Waals surface area contributed by atoms with E-state index < -0.39 is 149 Å². The summed E-state index contributed by atoms with van der Waals surface area (Å²) in [4.78, 5) is 122. The lowest BCUT2D eigenvalue weighted by Crippen LogP contribution is -2.60. The minimum Gasteiger partial charge on any atom is -0.861 e. The summed E-state index contributed by atoms with van der Waals surface area (Å²) in [6.07, 6.45) is 30.2. The van der Waals surface area contributed by atoms with Crippen LogP contribution < -0.4 is 32.1 Å². The number of amides is 6. The number of likely N-dealkylation sites (tertiary alicyclic amines) is 2. The summed E-state index contributed by atoms with van der Waals surface area (Å²) in [5.74, 6) is -6.48. The van der Waals surface area contributed by atoms with Crippen molar-refractivity contribution in [2.45, 2.75) is 282 Å². The molecule has 0 bridgehead atoms. The molecule has 2 saturated heterocycles. The number of aliphatic hydroxyl groups is 2. The van der Waals surface area contributed by atoms with E-state index in [0.29, 0.717) is 32.1 Å². The van der Waals surface area contributed by atoms with Crippen LogP contribution in [0.4, 0.5) is 0 Å². The molecular formula is C62H112N8O17PS-. The van der Waals surface area contributed by atoms with Crippen molar-refractivity contribution < 1.29 is 81.7 Å². The summed E-state index contributed by atoms with van der Waals surface area (Å²) < 4.78 is 34.1. The molecule has 0 radical (unpaired) electrons. The predicted octanol–water partition coefficient (Wildman–Crippen LogP) is 5.50. The zero-order valence-corrected chi connectivity index (χ0v) is 55.8. The van der Waals surface area contributed by atoms with Gasteiger partial charge >= 0.3 is 19.8 Å². The number of nitrogens with two attached hydrogens (primary N) is 1. The first kappa shape index (κ1) is 80.7. The van der Waals surface area contributed by atoms with Gasteiger partial charge in [0.25, 0.3) is 0 Å². The molecule has 9 N–H and O–H groups in total. The Bertz CT molecular complexity index is 2150. The van der Waals surface area contributed by atoms with Gasteiger partial charge in [-0.2, -0.15) is 12.6 Å². The number of aliphatic hydroxyl groups excluding tert-OH is 2. The molecule has 2 heterocycles. The molecule has 89 heavy (non-hydrogen) atoms. The lowest BCUT2D eigenvalue weighted by atomic mass is 10.0. The molecule has 9 atom stereocenters. The number of thiol groups is 1. The number of esters is 2. The normalized spacial score (nSPS) is 17.8. The molecule has 2 aliphatic rings. The van der Waals surface area contributed by atoms with Gasteiger partial charge in [0.1, 0.15) is 36.8 Å². The van der Waals surface area contributed by atoms with Crippen LogP contribution in [0.5, 0.6) is 0 Å². The maximum absolute atomic E-state index is 13.6. The fourth-order valence-corrected chi connectivity index (χ4v) is 11.6. The average molecular weight is 1300 g/mol. The Hall–Kier alpha value is -4.43. The van der Waals surface area contributed by atoms with Gasteiger partial charge in [-0.1, -0.05) is 168 Å². The third kappa shape index (κ3) is 34.7. The van der Waals surface area contributed by atoms with Crippen molar-refractivity contribution in [1.29, 1.82) is 0 Å². The topological polar surface area (TPSA) is 367 Å². The van der Waals surface area contributed by atoms with Gasteiger partial charge in [-0.15, -0.1) is 0 Å². The van der Waals surface area contributed by atoms with Gasteiger partial charge in [-0.05, 0) is 58.3 Å². The second-order valence-electron chi connectivity index (χ2n) is 23.7. The molecule has 2 rings (SSSR count). The number of carbonyl (C=O) groups is 8. The van der Waals surface area contributed by atoms with Crippen molar-refractivity contribution in [1.82, 2.24) is 31.1 Å². The predicted molar refractivity (Wildman–Crippen MR) is 340 cm³/mol. The van der Waals surface area contributed by atoms with E-state index in [9.17, 15) is 63.1 Å². The second-order valence-corrected chi connectivity index (χ2v) is 25.5. The number of hydrogen-bond acceptors (Lipinski definition) is 19. The highest BCUT2D eigenvalue weighted by atomic mass is 32.1. The van der Waals surface area contributed by atoms with Crippen molar-refractivity contribution >= 4 is 73.7 Å². The number of nitrogens with one attached hydrogen (secondary N) is 4. The summed E-state index contributed by atoms with van der Waals surface area (Å²) >= 11 is 4.05. The summed E-state index contributed by atoms with van der Waals surface area (Å²) in [5.41, 5.74) is 5.83. The number of phosphoric ester groups is 1. The zero-order valence-electron chi connectivity index (χ0n) is 54.0. The van der Waals surface area contributed by atoms with E-state index in [4.69, 9.17) is 24.3 Å². The Morgan fingerprint density at radius 1 is 0.596 bits per heavy atom. The molecular weight excluding hydrogens is 1190 g/mol. The third-order valence-corrected chi connectivity index (χ3v) is 17.4. The van der Waals surface area contributed by atoms with Gasteiger partial charge in [0.2, 0.25) is 35.4 Å². The van der Waals surface area contributed by atoms with Crippen molar-refractivity contribution in [2.24, 2.45) is 10.7 Å². The van der Waals surface area contributed by atoms with Crippen LogP contribution in [0.15, 0.2) is 4.99 Å². The maximum Gasteiger partial charge on any atom is 0.472 e. The highest BCUT2D eigenvalue weighted by molar-refractivity contribution is 7.80. The molecule has 1 unspecified atom stereocenters. The highest BCUT2D eigenvalue weighted by Crippen LogP contribution is 2.43. The van der Waals surface area contributed by atoms with Gasteiger partial charge in [-0.3, -0.25) is 47.4 Å². The molecule has 0 spiro atoms. The SMILES string of the molecule is CCCCCCCCCCCCCCCC(=O)OC[C@H](COP(=O)(O)OCCN=C([O-])[C@H](C)NC(=O)[C@H](CO)NC(=O)[C@@H]1CCCN1C(=O)[C@H](C)NC(=O)[C@H](CO)NC(=O)[C@@H]1CCCN1C(=O)[C@@H](N)CS)OC(=O)CCCCCCCCCCCCCCC. The van der Waals surface area contributed by atoms with E-state index in [-0.39, 0.29) is 38.1 Å². The summed E-state index contributed by atoms with van der Waals surface area (Å²) in [7, 11) is -4.84. The zero-order chi connectivity index (χ0) is 65.8. The molecule has 0 aromatic heterocycles. The minimum absolute atomic E-state index is 0.0558. The lowest BCUT2D eigenvalue weighted by Gasteiger charge is -2.30. The van der Waals surface area contributed by atoms with Crippen LogP contribution in [-0.4, -0.2) is 185 Å². The third-order valence-electron chi connectivity index (χ3n) is 16.0. The largest absolute Gasteiger partial charge is 0.861 e.